The van der Waals surface area contributed by atoms with Gasteiger partial charge in [0, 0.05) is 18.0 Å². The number of carbonyl (C=O) groups is 1. The highest BCUT2D eigenvalue weighted by atomic mass is 32.1. The van der Waals surface area contributed by atoms with Gasteiger partial charge in [-0.2, -0.15) is 0 Å². The molecule has 1 aromatic heterocycles. The van der Waals surface area contributed by atoms with Crippen LogP contribution in [0.3, 0.4) is 0 Å². The first-order valence-electron chi connectivity index (χ1n) is 7.01. The van der Waals surface area contributed by atoms with Crippen molar-refractivity contribution in [1.29, 1.82) is 0 Å². The molecule has 2 rings (SSSR count). The van der Waals surface area contributed by atoms with Gasteiger partial charge in [-0.3, -0.25) is 4.79 Å². The molecule has 112 valence electrons. The van der Waals surface area contributed by atoms with Crippen LogP contribution in [0, 0.1) is 0 Å². The molecule has 0 N–H and O–H groups in total. The smallest absolute Gasteiger partial charge is 0.227 e. The van der Waals surface area contributed by atoms with Crippen LogP contribution in [0.4, 0.5) is 0 Å². The largest absolute Gasteiger partial charge is 0.497 e. The van der Waals surface area contributed by atoms with Crippen molar-refractivity contribution in [3.8, 4) is 5.75 Å². The number of methoxy groups -OCH3 is 1. The Morgan fingerprint density at radius 1 is 1.29 bits per heavy atom. The number of thiophene rings is 1. The van der Waals surface area contributed by atoms with E-state index in [2.05, 4.69) is 6.92 Å². The van der Waals surface area contributed by atoms with E-state index >= 15 is 0 Å². The van der Waals surface area contributed by atoms with Crippen LogP contribution in [0.15, 0.2) is 41.8 Å². The van der Waals surface area contributed by atoms with Crippen molar-refractivity contribution in [3.63, 3.8) is 0 Å². The zero-order chi connectivity index (χ0) is 15.2. The first kappa shape index (κ1) is 15.6. The number of nitrogens with zero attached hydrogens (tertiary/aromatic N) is 1. The quantitative estimate of drug-likeness (QED) is 0.818. The lowest BCUT2D eigenvalue weighted by molar-refractivity contribution is -0.130. The molecule has 3 nitrogen and oxygen atoms in total. The first-order valence-corrected chi connectivity index (χ1v) is 7.89. The molecular weight excluding hydrogens is 282 g/mol. The first-order chi connectivity index (χ1) is 10.1. The highest BCUT2D eigenvalue weighted by Crippen LogP contribution is 2.15. The van der Waals surface area contributed by atoms with Crippen LogP contribution in [0.1, 0.15) is 17.4 Å². The third-order valence-corrected chi connectivity index (χ3v) is 4.53. The standard InChI is InChI=1S/C17H21NO2S/c1-13(11-14-6-8-15(20-3)9-7-14)18(2)17(19)12-16-5-4-10-21-16/h4-10,13H,11-12H2,1-3H3/t13-/m1/s1. The highest BCUT2D eigenvalue weighted by Gasteiger charge is 2.16. The Labute approximate surface area is 130 Å². The summed E-state index contributed by atoms with van der Waals surface area (Å²) < 4.78 is 5.16. The fourth-order valence-corrected chi connectivity index (χ4v) is 2.87. The Hall–Kier alpha value is -1.81. The monoisotopic (exact) mass is 303 g/mol. The maximum atomic E-state index is 12.3. The van der Waals surface area contributed by atoms with E-state index in [-0.39, 0.29) is 11.9 Å². The van der Waals surface area contributed by atoms with E-state index in [0.717, 1.165) is 17.0 Å². The predicted octanol–water partition coefficient (Wildman–Crippen LogP) is 3.39. The van der Waals surface area contributed by atoms with E-state index in [1.165, 1.54) is 5.56 Å². The van der Waals surface area contributed by atoms with Gasteiger partial charge in [0.25, 0.3) is 0 Å². The summed E-state index contributed by atoms with van der Waals surface area (Å²) in [6.07, 6.45) is 1.33. The third kappa shape index (κ3) is 4.33. The van der Waals surface area contributed by atoms with Crippen LogP contribution in [0.2, 0.25) is 0 Å². The Morgan fingerprint density at radius 3 is 2.57 bits per heavy atom. The van der Waals surface area contributed by atoms with E-state index in [1.54, 1.807) is 18.4 Å². The lowest BCUT2D eigenvalue weighted by Crippen LogP contribution is -2.37. The van der Waals surface area contributed by atoms with Crippen molar-refractivity contribution < 1.29 is 9.53 Å². The van der Waals surface area contributed by atoms with Gasteiger partial charge in [-0.15, -0.1) is 11.3 Å². The van der Waals surface area contributed by atoms with E-state index < -0.39 is 0 Å². The van der Waals surface area contributed by atoms with Gasteiger partial charge >= 0.3 is 0 Å². The summed E-state index contributed by atoms with van der Waals surface area (Å²) >= 11 is 1.63. The van der Waals surface area contributed by atoms with Crippen LogP contribution < -0.4 is 4.74 Å². The average molecular weight is 303 g/mol. The van der Waals surface area contributed by atoms with Crippen LogP contribution in [0.25, 0.3) is 0 Å². The van der Waals surface area contributed by atoms with Crippen LogP contribution in [0.5, 0.6) is 5.75 Å². The molecule has 0 bridgehead atoms. The molecule has 1 heterocycles. The minimum atomic E-state index is 0.165. The fourth-order valence-electron chi connectivity index (χ4n) is 2.17. The van der Waals surface area contributed by atoms with Gasteiger partial charge in [0.15, 0.2) is 0 Å². The molecule has 0 radical (unpaired) electrons. The van der Waals surface area contributed by atoms with Crippen LogP contribution in [-0.2, 0) is 17.6 Å². The zero-order valence-electron chi connectivity index (χ0n) is 12.7. The molecule has 0 aliphatic heterocycles. The van der Waals surface area contributed by atoms with Crippen molar-refractivity contribution >= 4 is 17.2 Å². The minimum Gasteiger partial charge on any atom is -0.497 e. The zero-order valence-corrected chi connectivity index (χ0v) is 13.5. The molecule has 0 unspecified atom stereocenters. The molecule has 0 aliphatic carbocycles. The van der Waals surface area contributed by atoms with E-state index in [1.807, 2.05) is 53.7 Å². The lowest BCUT2D eigenvalue weighted by Gasteiger charge is -2.25. The number of likely N-dealkylation sites (N-methyl/N-ethyl adjacent to an activating group) is 1. The molecule has 1 atom stereocenters. The summed E-state index contributed by atoms with van der Waals surface area (Å²) in [6, 6.07) is 12.2. The number of hydrogen-bond donors (Lipinski definition) is 0. The topological polar surface area (TPSA) is 29.5 Å². The van der Waals surface area contributed by atoms with E-state index in [4.69, 9.17) is 4.74 Å². The second-order valence-corrected chi connectivity index (χ2v) is 6.19. The van der Waals surface area contributed by atoms with Gasteiger partial charge in [-0.1, -0.05) is 18.2 Å². The summed E-state index contributed by atoms with van der Waals surface area (Å²) in [7, 11) is 3.54. The SMILES string of the molecule is COc1ccc(C[C@@H](C)N(C)C(=O)Cc2cccs2)cc1. The maximum Gasteiger partial charge on any atom is 0.227 e. The second-order valence-electron chi connectivity index (χ2n) is 5.16. The Kier molecular flexibility index (Phi) is 5.39. The van der Waals surface area contributed by atoms with Crippen molar-refractivity contribution in [2.45, 2.75) is 25.8 Å². The maximum absolute atomic E-state index is 12.3. The summed E-state index contributed by atoms with van der Waals surface area (Å²) in [6.45, 7) is 2.08. The molecule has 0 saturated heterocycles. The minimum absolute atomic E-state index is 0.165. The average Bonchev–Trinajstić information content (AvgIpc) is 3.00. The molecule has 4 heteroatoms. The molecule has 0 fully saturated rings. The Morgan fingerprint density at radius 2 is 2.00 bits per heavy atom. The van der Waals surface area contributed by atoms with Crippen LogP contribution in [-0.4, -0.2) is 31.0 Å². The molecule has 0 spiro atoms. The van der Waals surface area contributed by atoms with Gasteiger partial charge < -0.3 is 9.64 Å². The third-order valence-electron chi connectivity index (χ3n) is 3.65. The summed E-state index contributed by atoms with van der Waals surface area (Å²) in [5, 5.41) is 2.00. The molecule has 1 amide bonds. The Bertz CT molecular complexity index is 563. The van der Waals surface area contributed by atoms with Crippen LogP contribution >= 0.6 is 11.3 Å². The van der Waals surface area contributed by atoms with E-state index in [9.17, 15) is 4.79 Å². The van der Waals surface area contributed by atoms with Crippen molar-refractivity contribution in [2.75, 3.05) is 14.2 Å². The number of hydrogen-bond acceptors (Lipinski definition) is 3. The molecule has 0 saturated carbocycles. The van der Waals surface area contributed by atoms with Gasteiger partial charge in [0.2, 0.25) is 5.91 Å². The number of carbonyl (C=O) groups excluding carboxylic acids is 1. The summed E-state index contributed by atoms with van der Waals surface area (Å²) in [4.78, 5) is 15.2. The Balaban J connectivity index is 1.91. The van der Waals surface area contributed by atoms with Gasteiger partial charge in [-0.25, -0.2) is 0 Å². The number of ether oxygens (including phenoxy) is 1. The normalized spacial score (nSPS) is 12.0. The number of amides is 1. The van der Waals surface area contributed by atoms with Crippen molar-refractivity contribution in [2.24, 2.45) is 0 Å². The van der Waals surface area contributed by atoms with Gasteiger partial charge in [0.1, 0.15) is 5.75 Å². The highest BCUT2D eigenvalue weighted by molar-refractivity contribution is 7.10. The molecule has 2 aromatic rings. The molecular formula is C17H21NO2S. The van der Waals surface area contributed by atoms with Gasteiger partial charge in [0.05, 0.1) is 13.5 Å². The summed E-state index contributed by atoms with van der Waals surface area (Å²) in [5.74, 6) is 1.02. The van der Waals surface area contributed by atoms with Gasteiger partial charge in [-0.05, 0) is 42.5 Å². The van der Waals surface area contributed by atoms with Crippen molar-refractivity contribution in [3.05, 3.63) is 52.2 Å². The van der Waals surface area contributed by atoms with Crippen molar-refractivity contribution in [1.82, 2.24) is 4.90 Å². The summed E-state index contributed by atoms with van der Waals surface area (Å²) in [5.41, 5.74) is 1.21. The number of rotatable bonds is 6. The lowest BCUT2D eigenvalue weighted by atomic mass is 10.1. The fraction of sp³-hybridized carbons (Fsp3) is 0.353. The molecule has 0 aliphatic rings. The molecule has 21 heavy (non-hydrogen) atoms. The predicted molar refractivity (Wildman–Crippen MR) is 87.0 cm³/mol. The molecule has 1 aromatic carbocycles. The van der Waals surface area contributed by atoms with E-state index in [0.29, 0.717) is 6.42 Å². The second kappa shape index (κ2) is 7.27. The number of benzene rings is 1.